The number of aromatic nitrogens is 2. The summed E-state index contributed by atoms with van der Waals surface area (Å²) in [7, 11) is 0. The van der Waals surface area contributed by atoms with Crippen molar-refractivity contribution in [3.05, 3.63) is 47.4 Å². The minimum absolute atomic E-state index is 0.453. The van der Waals surface area contributed by atoms with E-state index in [2.05, 4.69) is 9.97 Å². The van der Waals surface area contributed by atoms with Crippen molar-refractivity contribution < 1.29 is 4.79 Å². The molecule has 1 aromatic carbocycles. The summed E-state index contributed by atoms with van der Waals surface area (Å²) < 4.78 is 0. The second-order valence-electron chi connectivity index (χ2n) is 2.95. The topological polar surface area (TPSA) is 42.9 Å². The lowest BCUT2D eigenvalue weighted by molar-refractivity contribution is 0.112. The minimum Gasteiger partial charge on any atom is -0.298 e. The number of carbonyl (C=O) groups is 1. The molecule has 0 radical (unpaired) electrons. The van der Waals surface area contributed by atoms with E-state index in [-0.39, 0.29) is 0 Å². The van der Waals surface area contributed by atoms with Gasteiger partial charge in [-0.25, -0.2) is 9.97 Å². The molecular formula is C11H7ClN2OS. The highest BCUT2D eigenvalue weighted by atomic mass is 35.5. The van der Waals surface area contributed by atoms with Crippen LogP contribution >= 0.6 is 23.4 Å². The predicted molar refractivity (Wildman–Crippen MR) is 63.0 cm³/mol. The number of hydrogen-bond donors (Lipinski definition) is 0. The van der Waals surface area contributed by atoms with Gasteiger partial charge in [0, 0.05) is 16.7 Å². The lowest BCUT2D eigenvalue weighted by Crippen LogP contribution is -1.84. The van der Waals surface area contributed by atoms with Gasteiger partial charge in [0.05, 0.1) is 5.02 Å². The van der Waals surface area contributed by atoms with Crippen LogP contribution in [0.5, 0.6) is 0 Å². The molecule has 0 bridgehead atoms. The molecule has 0 fully saturated rings. The van der Waals surface area contributed by atoms with Crippen LogP contribution in [0, 0.1) is 0 Å². The van der Waals surface area contributed by atoms with Crippen LogP contribution in [0.1, 0.15) is 10.4 Å². The van der Waals surface area contributed by atoms with Crippen molar-refractivity contribution >= 4 is 29.6 Å². The molecule has 16 heavy (non-hydrogen) atoms. The molecule has 0 aliphatic rings. The first-order valence-electron chi connectivity index (χ1n) is 4.48. The highest BCUT2D eigenvalue weighted by Crippen LogP contribution is 2.28. The summed E-state index contributed by atoms with van der Waals surface area (Å²) in [6, 6.07) is 7.09. The molecule has 0 spiro atoms. The summed E-state index contributed by atoms with van der Waals surface area (Å²) in [6.45, 7) is 0. The van der Waals surface area contributed by atoms with E-state index in [0.29, 0.717) is 10.6 Å². The van der Waals surface area contributed by atoms with Gasteiger partial charge < -0.3 is 0 Å². The van der Waals surface area contributed by atoms with Gasteiger partial charge in [-0.1, -0.05) is 23.4 Å². The molecule has 0 N–H and O–H groups in total. The van der Waals surface area contributed by atoms with Crippen LogP contribution in [0.3, 0.4) is 0 Å². The van der Waals surface area contributed by atoms with Crippen molar-refractivity contribution in [2.45, 2.75) is 9.92 Å². The third-order valence-corrected chi connectivity index (χ3v) is 3.14. The molecule has 0 aliphatic heterocycles. The van der Waals surface area contributed by atoms with E-state index >= 15 is 0 Å². The molecule has 0 saturated carbocycles. The molecule has 2 rings (SSSR count). The third-order valence-electron chi connectivity index (χ3n) is 1.88. The van der Waals surface area contributed by atoms with E-state index in [1.54, 1.807) is 18.3 Å². The number of halogens is 1. The number of aldehydes is 1. The lowest BCUT2D eigenvalue weighted by atomic mass is 10.2. The smallest absolute Gasteiger partial charge is 0.151 e. The van der Waals surface area contributed by atoms with Crippen LogP contribution in [0.25, 0.3) is 0 Å². The zero-order valence-electron chi connectivity index (χ0n) is 8.13. The number of rotatable bonds is 3. The molecular weight excluding hydrogens is 244 g/mol. The van der Waals surface area contributed by atoms with Gasteiger partial charge in [-0.2, -0.15) is 0 Å². The molecule has 5 heteroatoms. The Bertz CT molecular complexity index is 505. The summed E-state index contributed by atoms with van der Waals surface area (Å²) in [6.07, 6.45) is 3.90. The summed E-state index contributed by atoms with van der Waals surface area (Å²) in [5, 5.41) is 1.29. The predicted octanol–water partition coefficient (Wildman–Crippen LogP) is 3.09. The maximum atomic E-state index is 10.6. The van der Waals surface area contributed by atoms with E-state index in [0.717, 1.165) is 16.2 Å². The Labute approximate surface area is 102 Å². The van der Waals surface area contributed by atoms with E-state index < -0.39 is 0 Å². The number of nitrogens with zero attached hydrogens (tertiary/aromatic N) is 2. The average Bonchev–Trinajstić information content (AvgIpc) is 2.31. The maximum Gasteiger partial charge on any atom is 0.151 e. The SMILES string of the molecule is O=Cc1ccc(Sc2ccncn2)cc1Cl. The molecule has 2 aromatic rings. The average molecular weight is 251 g/mol. The molecule has 0 aliphatic carbocycles. The second-order valence-corrected chi connectivity index (χ2v) is 4.45. The van der Waals surface area contributed by atoms with Crippen LogP contribution < -0.4 is 0 Å². The van der Waals surface area contributed by atoms with Crippen LogP contribution in [0.4, 0.5) is 0 Å². The van der Waals surface area contributed by atoms with Crippen molar-refractivity contribution in [2.24, 2.45) is 0 Å². The van der Waals surface area contributed by atoms with E-state index in [1.165, 1.54) is 18.1 Å². The quantitative estimate of drug-likeness (QED) is 0.620. The largest absolute Gasteiger partial charge is 0.298 e. The molecule has 80 valence electrons. The van der Waals surface area contributed by atoms with Crippen molar-refractivity contribution in [3.63, 3.8) is 0 Å². The van der Waals surface area contributed by atoms with Gasteiger partial charge >= 0.3 is 0 Å². The van der Waals surface area contributed by atoms with Crippen molar-refractivity contribution in [1.29, 1.82) is 0 Å². The van der Waals surface area contributed by atoms with Gasteiger partial charge in [0.1, 0.15) is 11.4 Å². The highest BCUT2D eigenvalue weighted by molar-refractivity contribution is 7.99. The van der Waals surface area contributed by atoms with E-state index in [4.69, 9.17) is 11.6 Å². The van der Waals surface area contributed by atoms with Gasteiger partial charge in [0.15, 0.2) is 6.29 Å². The molecule has 1 aromatic heterocycles. The van der Waals surface area contributed by atoms with Gasteiger partial charge in [0.25, 0.3) is 0 Å². The maximum absolute atomic E-state index is 10.6. The Morgan fingerprint density at radius 3 is 2.81 bits per heavy atom. The normalized spacial score (nSPS) is 10.1. The summed E-state index contributed by atoms with van der Waals surface area (Å²) in [5.74, 6) is 0. The van der Waals surface area contributed by atoms with Crippen LogP contribution in [0.2, 0.25) is 5.02 Å². The first-order valence-corrected chi connectivity index (χ1v) is 5.67. The number of hydrogen-bond acceptors (Lipinski definition) is 4. The molecule has 1 heterocycles. The Hall–Kier alpha value is -1.39. The highest BCUT2D eigenvalue weighted by Gasteiger charge is 2.03. The van der Waals surface area contributed by atoms with E-state index in [1.807, 2.05) is 12.1 Å². The van der Waals surface area contributed by atoms with Crippen molar-refractivity contribution in [3.8, 4) is 0 Å². The van der Waals surface area contributed by atoms with Crippen LogP contribution in [0.15, 0.2) is 46.7 Å². The van der Waals surface area contributed by atoms with Gasteiger partial charge in [0.2, 0.25) is 0 Å². The molecule has 0 atom stereocenters. The molecule has 0 unspecified atom stereocenters. The Kier molecular flexibility index (Phi) is 3.54. The first kappa shape index (κ1) is 11.1. The van der Waals surface area contributed by atoms with Crippen LogP contribution in [-0.4, -0.2) is 16.3 Å². The third kappa shape index (κ3) is 2.59. The number of benzene rings is 1. The summed E-state index contributed by atoms with van der Waals surface area (Å²) in [4.78, 5) is 19.4. The monoisotopic (exact) mass is 250 g/mol. The standard InChI is InChI=1S/C11H7ClN2OS/c12-10-5-9(2-1-8(10)6-15)16-11-3-4-13-7-14-11/h1-7H. The fourth-order valence-corrected chi connectivity index (χ4v) is 2.20. The Balaban J connectivity index is 2.23. The summed E-state index contributed by atoms with van der Waals surface area (Å²) in [5.41, 5.74) is 0.494. The van der Waals surface area contributed by atoms with E-state index in [9.17, 15) is 4.79 Å². The number of carbonyl (C=O) groups excluding carboxylic acids is 1. The zero-order valence-corrected chi connectivity index (χ0v) is 9.70. The molecule has 0 amide bonds. The minimum atomic E-state index is 0.453. The van der Waals surface area contributed by atoms with Crippen molar-refractivity contribution in [1.82, 2.24) is 9.97 Å². The van der Waals surface area contributed by atoms with Crippen molar-refractivity contribution in [2.75, 3.05) is 0 Å². The Morgan fingerprint density at radius 2 is 2.19 bits per heavy atom. The first-order chi connectivity index (χ1) is 7.79. The summed E-state index contributed by atoms with van der Waals surface area (Å²) >= 11 is 7.39. The fraction of sp³-hybridized carbons (Fsp3) is 0. The van der Waals surface area contributed by atoms with Crippen LogP contribution in [-0.2, 0) is 0 Å². The molecule has 0 saturated heterocycles. The fourth-order valence-electron chi connectivity index (χ4n) is 1.13. The Morgan fingerprint density at radius 1 is 1.31 bits per heavy atom. The lowest BCUT2D eigenvalue weighted by Gasteiger charge is -2.02. The molecule has 3 nitrogen and oxygen atoms in total. The van der Waals surface area contributed by atoms with Gasteiger partial charge in [-0.15, -0.1) is 0 Å². The zero-order chi connectivity index (χ0) is 11.4. The van der Waals surface area contributed by atoms with Gasteiger partial charge in [-0.3, -0.25) is 4.79 Å². The van der Waals surface area contributed by atoms with Gasteiger partial charge in [-0.05, 0) is 24.3 Å². The second kappa shape index (κ2) is 5.09.